The van der Waals surface area contributed by atoms with Crippen molar-refractivity contribution >= 4 is 27.5 Å². The number of aryl methyl sites for hydroxylation is 1. The number of pyridine rings is 1. The SMILES string of the molecule is Cc1cc(Br)cn2cc(CNC(=O)CC3CCCCC3)nc12. The van der Waals surface area contributed by atoms with Gasteiger partial charge >= 0.3 is 0 Å². The minimum Gasteiger partial charge on any atom is -0.350 e. The van der Waals surface area contributed by atoms with Gasteiger partial charge in [0, 0.05) is 23.3 Å². The van der Waals surface area contributed by atoms with Gasteiger partial charge in [-0.05, 0) is 53.2 Å². The van der Waals surface area contributed by atoms with Crippen LogP contribution in [0.4, 0.5) is 0 Å². The van der Waals surface area contributed by atoms with Crippen LogP contribution in [0.25, 0.3) is 5.65 Å². The first-order valence-electron chi connectivity index (χ1n) is 8.02. The predicted octanol–water partition coefficient (Wildman–Crippen LogP) is 3.99. The lowest BCUT2D eigenvalue weighted by molar-refractivity contribution is -0.122. The summed E-state index contributed by atoms with van der Waals surface area (Å²) in [5.41, 5.74) is 2.96. The van der Waals surface area contributed by atoms with Crippen molar-refractivity contribution in [2.24, 2.45) is 5.92 Å². The molecule has 1 amide bonds. The van der Waals surface area contributed by atoms with E-state index in [1.165, 1.54) is 32.1 Å². The number of carbonyl (C=O) groups is 1. The number of imidazole rings is 1. The van der Waals surface area contributed by atoms with Crippen molar-refractivity contribution in [3.8, 4) is 0 Å². The van der Waals surface area contributed by atoms with Gasteiger partial charge in [0.25, 0.3) is 0 Å². The van der Waals surface area contributed by atoms with Crippen LogP contribution in [0.2, 0.25) is 0 Å². The lowest BCUT2D eigenvalue weighted by Crippen LogP contribution is -2.26. The summed E-state index contributed by atoms with van der Waals surface area (Å²) in [6, 6.07) is 2.05. The Hall–Kier alpha value is -1.36. The molecule has 2 aromatic rings. The van der Waals surface area contributed by atoms with Gasteiger partial charge in [-0.1, -0.05) is 19.3 Å². The molecule has 0 bridgehead atoms. The zero-order chi connectivity index (χ0) is 15.5. The van der Waals surface area contributed by atoms with Gasteiger partial charge in [-0.2, -0.15) is 0 Å². The summed E-state index contributed by atoms with van der Waals surface area (Å²) in [6.45, 7) is 2.54. The number of aromatic nitrogens is 2. The van der Waals surface area contributed by atoms with Crippen LogP contribution >= 0.6 is 15.9 Å². The first-order chi connectivity index (χ1) is 10.6. The van der Waals surface area contributed by atoms with E-state index in [1.807, 2.05) is 29.8 Å². The van der Waals surface area contributed by atoms with E-state index in [1.54, 1.807) is 0 Å². The molecule has 1 aliphatic rings. The topological polar surface area (TPSA) is 46.4 Å². The zero-order valence-electron chi connectivity index (χ0n) is 12.9. The maximum Gasteiger partial charge on any atom is 0.220 e. The number of carbonyl (C=O) groups excluding carboxylic acids is 1. The molecule has 22 heavy (non-hydrogen) atoms. The molecule has 0 aromatic carbocycles. The lowest BCUT2D eigenvalue weighted by atomic mass is 9.87. The third-order valence-corrected chi connectivity index (χ3v) is 4.85. The average molecular weight is 364 g/mol. The molecule has 0 atom stereocenters. The highest BCUT2D eigenvalue weighted by Crippen LogP contribution is 2.26. The molecule has 0 aliphatic heterocycles. The van der Waals surface area contributed by atoms with Crippen molar-refractivity contribution in [2.75, 3.05) is 0 Å². The Labute approximate surface area is 139 Å². The van der Waals surface area contributed by atoms with Gasteiger partial charge in [0.1, 0.15) is 5.65 Å². The van der Waals surface area contributed by atoms with Crippen molar-refractivity contribution < 1.29 is 4.79 Å². The van der Waals surface area contributed by atoms with Crippen molar-refractivity contribution in [3.05, 3.63) is 34.2 Å². The van der Waals surface area contributed by atoms with Crippen LogP contribution in [0.3, 0.4) is 0 Å². The molecule has 1 N–H and O–H groups in total. The fraction of sp³-hybridized carbons (Fsp3) is 0.529. The molecule has 0 saturated heterocycles. The Morgan fingerprint density at radius 2 is 2.14 bits per heavy atom. The Bertz CT molecular complexity index is 674. The highest BCUT2D eigenvalue weighted by Gasteiger charge is 2.17. The highest BCUT2D eigenvalue weighted by atomic mass is 79.9. The van der Waals surface area contributed by atoms with E-state index in [4.69, 9.17) is 0 Å². The smallest absolute Gasteiger partial charge is 0.220 e. The van der Waals surface area contributed by atoms with Crippen molar-refractivity contribution in [1.82, 2.24) is 14.7 Å². The van der Waals surface area contributed by atoms with Crippen LogP contribution in [0.1, 0.15) is 49.8 Å². The number of rotatable bonds is 4. The fourth-order valence-corrected chi connectivity index (χ4v) is 3.84. The predicted molar refractivity (Wildman–Crippen MR) is 90.7 cm³/mol. The Balaban J connectivity index is 1.59. The first-order valence-corrected chi connectivity index (χ1v) is 8.81. The van der Waals surface area contributed by atoms with Gasteiger partial charge in [0.15, 0.2) is 0 Å². The number of fused-ring (bicyclic) bond motifs is 1. The van der Waals surface area contributed by atoms with Crippen LogP contribution in [-0.4, -0.2) is 15.3 Å². The second-order valence-electron chi connectivity index (χ2n) is 6.29. The molecule has 1 fully saturated rings. The van der Waals surface area contributed by atoms with Crippen LogP contribution in [0, 0.1) is 12.8 Å². The van der Waals surface area contributed by atoms with Crippen molar-refractivity contribution in [3.63, 3.8) is 0 Å². The normalized spacial score (nSPS) is 16.1. The van der Waals surface area contributed by atoms with E-state index in [9.17, 15) is 4.79 Å². The second kappa shape index (κ2) is 6.82. The molecule has 3 rings (SSSR count). The molecule has 2 heterocycles. The van der Waals surface area contributed by atoms with Gasteiger partial charge < -0.3 is 9.72 Å². The van der Waals surface area contributed by atoms with Gasteiger partial charge in [-0.3, -0.25) is 4.79 Å². The van der Waals surface area contributed by atoms with Gasteiger partial charge in [0.2, 0.25) is 5.91 Å². The van der Waals surface area contributed by atoms with E-state index in [0.29, 0.717) is 18.9 Å². The quantitative estimate of drug-likeness (QED) is 0.892. The molecule has 118 valence electrons. The van der Waals surface area contributed by atoms with E-state index in [0.717, 1.165) is 21.4 Å². The van der Waals surface area contributed by atoms with Crippen LogP contribution < -0.4 is 5.32 Å². The number of amides is 1. The molecule has 1 aliphatic carbocycles. The number of nitrogens with one attached hydrogen (secondary N) is 1. The molecule has 0 unspecified atom stereocenters. The molecule has 0 spiro atoms. The molecule has 1 saturated carbocycles. The van der Waals surface area contributed by atoms with Crippen LogP contribution in [0.5, 0.6) is 0 Å². The summed E-state index contributed by atoms with van der Waals surface area (Å²) in [7, 11) is 0. The molecule has 0 radical (unpaired) electrons. The van der Waals surface area contributed by atoms with E-state index in [-0.39, 0.29) is 5.91 Å². The van der Waals surface area contributed by atoms with Gasteiger partial charge in [-0.25, -0.2) is 4.98 Å². The standard InChI is InChI=1S/C17H22BrN3O/c1-12-7-14(18)10-21-11-15(20-17(12)21)9-19-16(22)8-13-5-3-2-4-6-13/h7,10-11,13H,2-6,8-9H2,1H3,(H,19,22). The number of hydrogen-bond acceptors (Lipinski definition) is 2. The molecule has 5 heteroatoms. The molecule has 2 aromatic heterocycles. The monoisotopic (exact) mass is 363 g/mol. The minimum atomic E-state index is 0.154. The average Bonchev–Trinajstić information content (AvgIpc) is 2.89. The minimum absolute atomic E-state index is 0.154. The van der Waals surface area contributed by atoms with Crippen LogP contribution in [0.15, 0.2) is 22.9 Å². The number of halogens is 1. The number of nitrogens with zero attached hydrogens (tertiary/aromatic N) is 2. The summed E-state index contributed by atoms with van der Waals surface area (Å²) < 4.78 is 3.03. The first kappa shape index (κ1) is 15.5. The van der Waals surface area contributed by atoms with Gasteiger partial charge in [0.05, 0.1) is 12.2 Å². The Morgan fingerprint density at radius 3 is 2.91 bits per heavy atom. The third kappa shape index (κ3) is 3.69. The summed E-state index contributed by atoms with van der Waals surface area (Å²) in [4.78, 5) is 16.7. The van der Waals surface area contributed by atoms with Crippen molar-refractivity contribution in [1.29, 1.82) is 0 Å². The zero-order valence-corrected chi connectivity index (χ0v) is 14.5. The Kier molecular flexibility index (Phi) is 4.81. The maximum absolute atomic E-state index is 12.1. The molecular weight excluding hydrogens is 342 g/mol. The summed E-state index contributed by atoms with van der Waals surface area (Å²) in [6.07, 6.45) is 10.9. The second-order valence-corrected chi connectivity index (χ2v) is 7.21. The van der Waals surface area contributed by atoms with Crippen LogP contribution in [-0.2, 0) is 11.3 Å². The summed E-state index contributed by atoms with van der Waals surface area (Å²) in [5.74, 6) is 0.731. The summed E-state index contributed by atoms with van der Waals surface area (Å²) in [5, 5.41) is 3.01. The third-order valence-electron chi connectivity index (χ3n) is 4.42. The number of hydrogen-bond donors (Lipinski definition) is 1. The molecule has 4 nitrogen and oxygen atoms in total. The van der Waals surface area contributed by atoms with Gasteiger partial charge in [-0.15, -0.1) is 0 Å². The largest absolute Gasteiger partial charge is 0.350 e. The van der Waals surface area contributed by atoms with E-state index < -0.39 is 0 Å². The van der Waals surface area contributed by atoms with Crippen molar-refractivity contribution in [2.45, 2.75) is 52.0 Å². The van der Waals surface area contributed by atoms with E-state index in [2.05, 4.69) is 26.2 Å². The lowest BCUT2D eigenvalue weighted by Gasteiger charge is -2.20. The fourth-order valence-electron chi connectivity index (χ4n) is 3.28. The maximum atomic E-state index is 12.1. The van der Waals surface area contributed by atoms with E-state index >= 15 is 0 Å². The summed E-state index contributed by atoms with van der Waals surface area (Å²) >= 11 is 3.49. The Morgan fingerprint density at radius 1 is 1.36 bits per heavy atom. The molecular formula is C17H22BrN3O. The highest BCUT2D eigenvalue weighted by molar-refractivity contribution is 9.10.